The number of esters is 1. The number of carbonyl (C=O) groups is 1. The molecule has 15 heavy (non-hydrogen) atoms. The summed E-state index contributed by atoms with van der Waals surface area (Å²) in [6.07, 6.45) is 10.7. The third kappa shape index (κ3) is 1.96. The fourth-order valence-electron chi connectivity index (χ4n) is 1.46. The van der Waals surface area contributed by atoms with Gasteiger partial charge in [0.05, 0.1) is 7.11 Å². The van der Waals surface area contributed by atoms with Crippen LogP contribution in [-0.4, -0.2) is 18.1 Å². The number of hydrogen-bond acceptors (Lipinski definition) is 3. The van der Waals surface area contributed by atoms with Gasteiger partial charge in [0.25, 0.3) is 0 Å². The second-order valence-corrected chi connectivity index (χ2v) is 3.22. The number of pyridine rings is 1. The van der Waals surface area contributed by atoms with Gasteiger partial charge in [-0.1, -0.05) is 24.3 Å². The van der Waals surface area contributed by atoms with Crippen LogP contribution in [0.2, 0.25) is 0 Å². The first kappa shape index (κ1) is 9.65. The molecular formula is C12H11NO2. The van der Waals surface area contributed by atoms with E-state index in [1.54, 1.807) is 12.3 Å². The maximum atomic E-state index is 11.3. The van der Waals surface area contributed by atoms with Gasteiger partial charge < -0.3 is 4.74 Å². The zero-order chi connectivity index (χ0) is 10.7. The van der Waals surface area contributed by atoms with Crippen LogP contribution in [0, 0.1) is 0 Å². The molecule has 0 amide bonds. The lowest BCUT2D eigenvalue weighted by atomic mass is 10.2. The van der Waals surface area contributed by atoms with Gasteiger partial charge in [0, 0.05) is 6.20 Å². The summed E-state index contributed by atoms with van der Waals surface area (Å²) in [7, 11) is 1.35. The normalized spacial score (nSPS) is 13.1. The Bertz CT molecular complexity index is 529. The molecule has 3 heteroatoms. The smallest absolute Gasteiger partial charge is 0.356 e. The molecule has 0 aliphatic heterocycles. The van der Waals surface area contributed by atoms with Crippen LogP contribution >= 0.6 is 0 Å². The van der Waals surface area contributed by atoms with E-state index in [1.165, 1.54) is 7.11 Å². The number of methoxy groups -OCH3 is 1. The van der Waals surface area contributed by atoms with Crippen LogP contribution in [0.15, 0.2) is 24.4 Å². The molecule has 0 spiro atoms. The molecule has 1 aromatic heterocycles. The van der Waals surface area contributed by atoms with Gasteiger partial charge in [0.15, 0.2) is 0 Å². The van der Waals surface area contributed by atoms with E-state index < -0.39 is 5.97 Å². The van der Waals surface area contributed by atoms with Crippen LogP contribution in [0.4, 0.5) is 0 Å². The van der Waals surface area contributed by atoms with Gasteiger partial charge in [-0.15, -0.1) is 0 Å². The van der Waals surface area contributed by atoms with Crippen molar-refractivity contribution in [3.8, 4) is 0 Å². The fourth-order valence-corrected chi connectivity index (χ4v) is 1.46. The highest BCUT2D eigenvalue weighted by molar-refractivity contribution is 5.87. The van der Waals surface area contributed by atoms with E-state index in [0.29, 0.717) is 5.69 Å². The molecule has 0 bridgehead atoms. The first-order chi connectivity index (χ1) is 7.31. The Morgan fingerprint density at radius 1 is 1.47 bits per heavy atom. The number of carbonyl (C=O) groups excluding carboxylic acids is 1. The minimum Gasteiger partial charge on any atom is -0.464 e. The van der Waals surface area contributed by atoms with Gasteiger partial charge >= 0.3 is 5.97 Å². The van der Waals surface area contributed by atoms with Gasteiger partial charge in [-0.2, -0.15) is 0 Å². The third-order valence-electron chi connectivity index (χ3n) is 2.25. The number of aromatic nitrogens is 1. The molecule has 1 aromatic rings. The van der Waals surface area contributed by atoms with Gasteiger partial charge in [-0.3, -0.25) is 0 Å². The minimum absolute atomic E-state index is 0.344. The van der Waals surface area contributed by atoms with Crippen molar-refractivity contribution in [2.75, 3.05) is 7.11 Å². The average molecular weight is 201 g/mol. The number of allylic oxidation sites excluding steroid dienone is 2. The molecule has 76 valence electrons. The summed E-state index contributed by atoms with van der Waals surface area (Å²) in [5.41, 5.74) is 0.344. The molecule has 0 N–H and O–H groups in total. The Labute approximate surface area is 87.4 Å². The Morgan fingerprint density at radius 2 is 2.33 bits per heavy atom. The second-order valence-electron chi connectivity index (χ2n) is 3.22. The maximum absolute atomic E-state index is 11.3. The van der Waals surface area contributed by atoms with E-state index in [0.717, 1.165) is 16.9 Å². The molecule has 0 radical (unpaired) electrons. The van der Waals surface area contributed by atoms with Gasteiger partial charge in [0.1, 0.15) is 5.69 Å². The van der Waals surface area contributed by atoms with Crippen molar-refractivity contribution in [2.45, 2.75) is 6.42 Å². The predicted octanol–water partition coefficient (Wildman–Crippen LogP) is 0.389. The Hall–Kier alpha value is -1.90. The van der Waals surface area contributed by atoms with Crippen molar-refractivity contribution >= 4 is 18.1 Å². The summed E-state index contributed by atoms with van der Waals surface area (Å²) in [6, 6.07) is 1.74. The van der Waals surface area contributed by atoms with Gasteiger partial charge in [-0.05, 0) is 22.9 Å². The van der Waals surface area contributed by atoms with Crippen molar-refractivity contribution in [3.05, 3.63) is 40.5 Å². The van der Waals surface area contributed by atoms with E-state index in [4.69, 9.17) is 0 Å². The summed E-state index contributed by atoms with van der Waals surface area (Å²) < 4.78 is 4.61. The van der Waals surface area contributed by atoms with E-state index in [2.05, 4.69) is 21.9 Å². The number of hydrogen-bond donors (Lipinski definition) is 0. The van der Waals surface area contributed by atoms with Crippen LogP contribution in [0.3, 0.4) is 0 Å². The summed E-state index contributed by atoms with van der Waals surface area (Å²) in [5.74, 6) is -0.403. The lowest BCUT2D eigenvalue weighted by Gasteiger charge is -1.97. The molecule has 0 saturated carbocycles. The first-order valence-corrected chi connectivity index (χ1v) is 4.72. The fraction of sp³-hybridized carbons (Fsp3) is 0.167. The van der Waals surface area contributed by atoms with Crippen LogP contribution < -0.4 is 10.4 Å². The summed E-state index contributed by atoms with van der Waals surface area (Å²) >= 11 is 0. The number of nitrogens with zero attached hydrogens (tertiary/aromatic N) is 1. The van der Waals surface area contributed by atoms with Gasteiger partial charge in [-0.25, -0.2) is 9.78 Å². The zero-order valence-corrected chi connectivity index (χ0v) is 8.43. The molecule has 2 rings (SSSR count). The standard InChI is InChI=1S/C12H11NO2/c1-15-12(14)11-7-9-5-3-2-4-6-10(9)8-13-11/h2-3,5-8H,4H2,1H3. The molecule has 0 saturated heterocycles. The topological polar surface area (TPSA) is 39.2 Å². The van der Waals surface area contributed by atoms with Crippen molar-refractivity contribution in [2.24, 2.45) is 0 Å². The second kappa shape index (κ2) is 4.09. The summed E-state index contributed by atoms with van der Waals surface area (Å²) in [4.78, 5) is 15.3. The SMILES string of the molecule is COC(=O)c1cc2c(cn1)=CCC=CC=2. The lowest BCUT2D eigenvalue weighted by molar-refractivity contribution is 0.0594. The molecule has 0 aromatic carbocycles. The number of rotatable bonds is 1. The Morgan fingerprint density at radius 3 is 3.13 bits per heavy atom. The van der Waals surface area contributed by atoms with Crippen molar-refractivity contribution in [1.29, 1.82) is 0 Å². The molecule has 1 aliphatic carbocycles. The summed E-state index contributed by atoms with van der Waals surface area (Å²) in [5, 5.41) is 2.05. The van der Waals surface area contributed by atoms with E-state index in [9.17, 15) is 4.79 Å². The maximum Gasteiger partial charge on any atom is 0.356 e. The Kier molecular flexibility index (Phi) is 2.63. The van der Waals surface area contributed by atoms with Crippen LogP contribution in [0.1, 0.15) is 16.9 Å². The monoisotopic (exact) mass is 201 g/mol. The highest BCUT2D eigenvalue weighted by Crippen LogP contribution is 1.93. The largest absolute Gasteiger partial charge is 0.464 e. The molecule has 0 fully saturated rings. The molecule has 1 aliphatic rings. The molecule has 1 heterocycles. The van der Waals surface area contributed by atoms with E-state index in [-0.39, 0.29) is 0 Å². The van der Waals surface area contributed by atoms with E-state index >= 15 is 0 Å². The lowest BCUT2D eigenvalue weighted by Crippen LogP contribution is -2.26. The quantitative estimate of drug-likeness (QED) is 0.617. The van der Waals surface area contributed by atoms with Crippen LogP contribution in [0.25, 0.3) is 12.2 Å². The van der Waals surface area contributed by atoms with Gasteiger partial charge in [0.2, 0.25) is 0 Å². The molecule has 0 unspecified atom stereocenters. The van der Waals surface area contributed by atoms with Crippen molar-refractivity contribution in [1.82, 2.24) is 4.98 Å². The summed E-state index contributed by atoms with van der Waals surface area (Å²) in [6.45, 7) is 0. The first-order valence-electron chi connectivity index (χ1n) is 4.72. The third-order valence-corrected chi connectivity index (χ3v) is 2.25. The highest BCUT2D eigenvalue weighted by Gasteiger charge is 2.05. The number of ether oxygens (including phenoxy) is 1. The van der Waals surface area contributed by atoms with Crippen molar-refractivity contribution in [3.63, 3.8) is 0 Å². The molecule has 0 atom stereocenters. The zero-order valence-electron chi connectivity index (χ0n) is 8.43. The van der Waals surface area contributed by atoms with E-state index in [1.807, 2.05) is 12.2 Å². The predicted molar refractivity (Wildman–Crippen MR) is 57.5 cm³/mol. The average Bonchev–Trinajstić information content (AvgIpc) is 2.51. The van der Waals surface area contributed by atoms with Crippen LogP contribution in [-0.2, 0) is 4.74 Å². The van der Waals surface area contributed by atoms with Crippen molar-refractivity contribution < 1.29 is 9.53 Å². The number of fused-ring (bicyclic) bond motifs is 1. The molecule has 3 nitrogen and oxygen atoms in total. The highest BCUT2D eigenvalue weighted by atomic mass is 16.5. The van der Waals surface area contributed by atoms with Crippen LogP contribution in [0.5, 0.6) is 0 Å². The molecular weight excluding hydrogens is 190 g/mol. The Balaban J connectivity index is 2.59. The minimum atomic E-state index is -0.403.